The van der Waals surface area contributed by atoms with Gasteiger partial charge < -0.3 is 15.2 Å². The van der Waals surface area contributed by atoms with Crippen molar-refractivity contribution in [1.82, 2.24) is 5.32 Å². The first-order valence-electron chi connectivity index (χ1n) is 8.23. The summed E-state index contributed by atoms with van der Waals surface area (Å²) >= 11 is 0. The maximum Gasteiger partial charge on any atom is 0.0621 e. The second kappa shape index (κ2) is 4.71. The molecule has 108 valence electrons. The van der Waals surface area contributed by atoms with Gasteiger partial charge in [0.2, 0.25) is 0 Å². The molecule has 2 unspecified atom stereocenters. The lowest BCUT2D eigenvalue weighted by molar-refractivity contribution is -0.126. The van der Waals surface area contributed by atoms with Gasteiger partial charge in [-0.25, -0.2) is 0 Å². The summed E-state index contributed by atoms with van der Waals surface area (Å²) < 4.78 is 5.53. The number of aliphatic hydroxyl groups is 1. The van der Waals surface area contributed by atoms with E-state index in [2.05, 4.69) is 5.32 Å². The Morgan fingerprint density at radius 1 is 1.11 bits per heavy atom. The molecule has 3 nitrogen and oxygen atoms in total. The Bertz CT molecular complexity index is 302. The molecule has 5 fully saturated rings. The average Bonchev–Trinajstić information content (AvgIpc) is 2.38. The van der Waals surface area contributed by atoms with Gasteiger partial charge in [-0.3, -0.25) is 0 Å². The van der Waals surface area contributed by atoms with E-state index in [1.165, 1.54) is 38.5 Å². The third kappa shape index (κ3) is 2.24. The van der Waals surface area contributed by atoms with Crippen LogP contribution in [0.4, 0.5) is 0 Å². The Kier molecular flexibility index (Phi) is 3.13. The van der Waals surface area contributed by atoms with Crippen LogP contribution in [0.2, 0.25) is 0 Å². The number of hydrogen-bond donors (Lipinski definition) is 2. The van der Waals surface area contributed by atoms with E-state index in [1.807, 2.05) is 0 Å². The Morgan fingerprint density at radius 3 is 2.26 bits per heavy atom. The fraction of sp³-hybridized carbons (Fsp3) is 1.00. The summed E-state index contributed by atoms with van der Waals surface area (Å²) in [5.41, 5.74) is 0.272. The molecule has 4 aliphatic carbocycles. The van der Waals surface area contributed by atoms with E-state index >= 15 is 0 Å². The number of morpholine rings is 1. The van der Waals surface area contributed by atoms with Crippen molar-refractivity contribution in [2.24, 2.45) is 23.2 Å². The molecular weight excluding hydrogens is 238 g/mol. The average molecular weight is 265 g/mol. The van der Waals surface area contributed by atoms with Crippen molar-refractivity contribution < 1.29 is 9.84 Å². The van der Waals surface area contributed by atoms with E-state index in [0.717, 1.165) is 43.9 Å². The highest BCUT2D eigenvalue weighted by molar-refractivity contribution is 5.04. The summed E-state index contributed by atoms with van der Waals surface area (Å²) in [4.78, 5) is 0. The molecule has 19 heavy (non-hydrogen) atoms. The van der Waals surface area contributed by atoms with E-state index < -0.39 is 0 Å². The molecule has 0 amide bonds. The zero-order valence-electron chi connectivity index (χ0n) is 11.8. The normalized spacial score (nSPS) is 50.4. The van der Waals surface area contributed by atoms with Crippen molar-refractivity contribution in [2.45, 2.75) is 57.1 Å². The standard InChI is InChI=1S/C16H27NO2/c18-15(6-14-10-19-2-1-17-14)16-7-11-3-12(8-16)5-13(4-11)9-16/h11-15,17-18H,1-10H2. The highest BCUT2D eigenvalue weighted by atomic mass is 16.5. The largest absolute Gasteiger partial charge is 0.392 e. The van der Waals surface area contributed by atoms with Crippen molar-refractivity contribution >= 4 is 0 Å². The molecule has 0 aromatic heterocycles. The number of nitrogens with one attached hydrogen (secondary N) is 1. The van der Waals surface area contributed by atoms with Crippen LogP contribution in [0.25, 0.3) is 0 Å². The van der Waals surface area contributed by atoms with Crippen LogP contribution in [-0.2, 0) is 4.74 Å². The molecule has 0 spiro atoms. The van der Waals surface area contributed by atoms with Gasteiger partial charge in [0.1, 0.15) is 0 Å². The lowest BCUT2D eigenvalue weighted by Crippen LogP contribution is -2.54. The van der Waals surface area contributed by atoms with Gasteiger partial charge in [-0.1, -0.05) is 0 Å². The molecule has 2 N–H and O–H groups in total. The topological polar surface area (TPSA) is 41.5 Å². The molecular formula is C16H27NO2. The monoisotopic (exact) mass is 265 g/mol. The Balaban J connectivity index is 1.45. The predicted molar refractivity (Wildman–Crippen MR) is 73.8 cm³/mol. The van der Waals surface area contributed by atoms with Gasteiger partial charge >= 0.3 is 0 Å². The molecule has 0 radical (unpaired) electrons. The molecule has 3 heteroatoms. The summed E-state index contributed by atoms with van der Waals surface area (Å²) in [6.45, 7) is 2.55. The van der Waals surface area contributed by atoms with Crippen molar-refractivity contribution in [2.75, 3.05) is 19.8 Å². The SMILES string of the molecule is OC(CC1COCCN1)C12CC3CC(CC(C3)C1)C2. The molecule has 1 saturated heterocycles. The van der Waals surface area contributed by atoms with Crippen LogP contribution in [0.5, 0.6) is 0 Å². The van der Waals surface area contributed by atoms with E-state index in [1.54, 1.807) is 0 Å². The molecule has 2 atom stereocenters. The number of hydrogen-bond acceptors (Lipinski definition) is 3. The zero-order chi connectivity index (χ0) is 12.9. The minimum atomic E-state index is -0.111. The summed E-state index contributed by atoms with van der Waals surface area (Å²) in [6, 6.07) is 0.372. The van der Waals surface area contributed by atoms with E-state index in [4.69, 9.17) is 4.74 Å². The first-order chi connectivity index (χ1) is 9.23. The number of aliphatic hydroxyl groups excluding tert-OH is 1. The summed E-state index contributed by atoms with van der Waals surface area (Å²) in [7, 11) is 0. The van der Waals surface area contributed by atoms with Crippen LogP contribution in [0.1, 0.15) is 44.9 Å². The first kappa shape index (κ1) is 12.6. The van der Waals surface area contributed by atoms with Crippen LogP contribution >= 0.6 is 0 Å². The summed E-state index contributed by atoms with van der Waals surface area (Å²) in [5.74, 6) is 2.78. The van der Waals surface area contributed by atoms with Crippen LogP contribution in [0.3, 0.4) is 0 Å². The zero-order valence-corrected chi connectivity index (χ0v) is 11.8. The molecule has 5 rings (SSSR count). The minimum absolute atomic E-state index is 0.111. The van der Waals surface area contributed by atoms with Gasteiger partial charge in [-0.2, -0.15) is 0 Å². The summed E-state index contributed by atoms with van der Waals surface area (Å²) in [6.07, 6.45) is 9.05. The molecule has 4 bridgehead atoms. The lowest BCUT2D eigenvalue weighted by Gasteiger charge is -2.58. The van der Waals surface area contributed by atoms with Crippen molar-refractivity contribution in [3.05, 3.63) is 0 Å². The van der Waals surface area contributed by atoms with Gasteiger partial charge in [0.15, 0.2) is 0 Å². The third-order valence-corrected chi connectivity index (χ3v) is 6.30. The first-order valence-corrected chi connectivity index (χ1v) is 8.23. The van der Waals surface area contributed by atoms with Crippen LogP contribution in [0, 0.1) is 23.2 Å². The van der Waals surface area contributed by atoms with Crippen molar-refractivity contribution in [3.8, 4) is 0 Å². The van der Waals surface area contributed by atoms with Crippen LogP contribution in [-0.4, -0.2) is 37.0 Å². The van der Waals surface area contributed by atoms with Crippen LogP contribution in [0.15, 0.2) is 0 Å². The van der Waals surface area contributed by atoms with Crippen LogP contribution < -0.4 is 5.32 Å². The molecule has 1 aliphatic heterocycles. The Morgan fingerprint density at radius 2 is 1.74 bits per heavy atom. The van der Waals surface area contributed by atoms with Gasteiger partial charge in [0, 0.05) is 12.6 Å². The molecule has 1 heterocycles. The van der Waals surface area contributed by atoms with Gasteiger partial charge in [0.25, 0.3) is 0 Å². The second-order valence-corrected chi connectivity index (χ2v) is 7.76. The third-order valence-electron chi connectivity index (χ3n) is 6.30. The van der Waals surface area contributed by atoms with Crippen molar-refractivity contribution in [3.63, 3.8) is 0 Å². The van der Waals surface area contributed by atoms with E-state index in [9.17, 15) is 5.11 Å². The van der Waals surface area contributed by atoms with Gasteiger partial charge in [0.05, 0.1) is 19.3 Å². The lowest BCUT2D eigenvalue weighted by atomic mass is 9.48. The van der Waals surface area contributed by atoms with Crippen molar-refractivity contribution in [1.29, 1.82) is 0 Å². The van der Waals surface area contributed by atoms with E-state index in [-0.39, 0.29) is 11.5 Å². The smallest absolute Gasteiger partial charge is 0.0621 e. The Hall–Kier alpha value is -0.120. The summed E-state index contributed by atoms with van der Waals surface area (Å²) in [5, 5.41) is 14.4. The fourth-order valence-corrected chi connectivity index (χ4v) is 5.88. The van der Waals surface area contributed by atoms with E-state index in [0.29, 0.717) is 6.04 Å². The maximum absolute atomic E-state index is 10.9. The molecule has 0 aromatic rings. The number of ether oxygens (including phenoxy) is 1. The van der Waals surface area contributed by atoms with Gasteiger partial charge in [-0.05, 0) is 68.1 Å². The second-order valence-electron chi connectivity index (χ2n) is 7.76. The Labute approximate surface area is 116 Å². The molecule has 0 aromatic carbocycles. The predicted octanol–water partition coefficient (Wildman–Crippen LogP) is 1.94. The highest BCUT2D eigenvalue weighted by Gasteiger charge is 2.54. The maximum atomic E-state index is 10.9. The highest BCUT2D eigenvalue weighted by Crippen LogP contribution is 2.61. The quantitative estimate of drug-likeness (QED) is 0.819. The van der Waals surface area contributed by atoms with Gasteiger partial charge in [-0.15, -0.1) is 0 Å². The number of rotatable bonds is 3. The molecule has 5 aliphatic rings. The molecule has 4 saturated carbocycles. The minimum Gasteiger partial charge on any atom is -0.392 e. The fourth-order valence-electron chi connectivity index (χ4n) is 5.88.